The van der Waals surface area contributed by atoms with Gasteiger partial charge in [-0.05, 0) is 23.7 Å². The lowest BCUT2D eigenvalue weighted by molar-refractivity contribution is 0.118. The first-order chi connectivity index (χ1) is 5.70. The predicted molar refractivity (Wildman–Crippen MR) is 64.1 cm³/mol. The van der Waals surface area contributed by atoms with Crippen LogP contribution in [0.1, 0.15) is 60.8 Å². The molecule has 0 aromatic carbocycles. The first-order valence-electron chi connectivity index (χ1n) is 5.36. The van der Waals surface area contributed by atoms with Crippen LogP contribution in [-0.2, 0) is 0 Å². The summed E-state index contributed by atoms with van der Waals surface area (Å²) in [4.78, 5) is 0. The van der Waals surface area contributed by atoms with Gasteiger partial charge >= 0.3 is 0 Å². The molecule has 0 aromatic rings. The van der Waals surface area contributed by atoms with E-state index in [9.17, 15) is 0 Å². The Morgan fingerprint density at radius 3 is 1.85 bits per heavy atom. The van der Waals surface area contributed by atoms with Crippen LogP contribution in [0.4, 0.5) is 0 Å². The van der Waals surface area contributed by atoms with Gasteiger partial charge in [0.2, 0.25) is 0 Å². The lowest BCUT2D eigenvalue weighted by Gasteiger charge is -2.40. The first kappa shape index (κ1) is 13.4. The Morgan fingerprint density at radius 1 is 1.08 bits per heavy atom. The minimum absolute atomic E-state index is 0.356. The maximum Gasteiger partial charge on any atom is 0.0156 e. The molecule has 0 N–H and O–H groups in total. The standard InChI is InChI=1S/C12H25S/c1-7-8-10(13)9-12(5,6)11(2,3)4/h10H,7-9H2,1-6H3. The third kappa shape index (κ3) is 4.39. The number of hydrogen-bond acceptors (Lipinski definition) is 0. The number of rotatable bonds is 4. The second-order valence-corrected chi connectivity index (χ2v) is 6.42. The van der Waals surface area contributed by atoms with Gasteiger partial charge < -0.3 is 0 Å². The van der Waals surface area contributed by atoms with Crippen LogP contribution in [0.25, 0.3) is 0 Å². The lowest BCUT2D eigenvalue weighted by atomic mass is 9.66. The molecular formula is C12H25S. The Hall–Kier alpha value is 0.350. The summed E-state index contributed by atoms with van der Waals surface area (Å²) in [5.41, 5.74) is 0.715. The van der Waals surface area contributed by atoms with Gasteiger partial charge in [-0.25, -0.2) is 0 Å². The Labute approximate surface area is 89.9 Å². The first-order valence-corrected chi connectivity index (χ1v) is 5.83. The zero-order chi connectivity index (χ0) is 10.7. The van der Waals surface area contributed by atoms with E-state index < -0.39 is 0 Å². The molecule has 0 aliphatic rings. The second-order valence-electron chi connectivity index (χ2n) is 5.75. The Kier molecular flexibility index (Phi) is 4.85. The van der Waals surface area contributed by atoms with E-state index in [4.69, 9.17) is 12.6 Å². The summed E-state index contributed by atoms with van der Waals surface area (Å²) < 4.78 is 0. The SMILES string of the molecule is CCCC([S])CC(C)(C)C(C)(C)C. The average molecular weight is 201 g/mol. The van der Waals surface area contributed by atoms with E-state index in [-0.39, 0.29) is 0 Å². The largest absolute Gasteiger partial charge is 0.0904 e. The van der Waals surface area contributed by atoms with Crippen LogP contribution >= 0.6 is 12.6 Å². The molecule has 0 saturated carbocycles. The summed E-state index contributed by atoms with van der Waals surface area (Å²) in [6, 6.07) is 0. The van der Waals surface area contributed by atoms with Gasteiger partial charge in [-0.1, -0.05) is 60.6 Å². The fourth-order valence-corrected chi connectivity index (χ4v) is 1.95. The topological polar surface area (TPSA) is 0 Å². The molecule has 0 amide bonds. The van der Waals surface area contributed by atoms with E-state index in [1.54, 1.807) is 0 Å². The van der Waals surface area contributed by atoms with Crippen molar-refractivity contribution in [3.8, 4) is 0 Å². The molecule has 0 aliphatic heterocycles. The Balaban J connectivity index is 4.17. The highest BCUT2D eigenvalue weighted by Crippen LogP contribution is 2.42. The maximum atomic E-state index is 5.45. The third-order valence-electron chi connectivity index (χ3n) is 3.38. The molecule has 79 valence electrons. The van der Waals surface area contributed by atoms with Crippen molar-refractivity contribution in [2.24, 2.45) is 10.8 Å². The normalized spacial score (nSPS) is 15.9. The van der Waals surface area contributed by atoms with Crippen molar-refractivity contribution in [3.05, 3.63) is 0 Å². The quantitative estimate of drug-likeness (QED) is 0.612. The van der Waals surface area contributed by atoms with Gasteiger partial charge in [-0.15, -0.1) is 0 Å². The van der Waals surface area contributed by atoms with E-state index in [1.807, 2.05) is 0 Å². The van der Waals surface area contributed by atoms with Gasteiger partial charge in [-0.3, -0.25) is 0 Å². The minimum atomic E-state index is 0.356. The van der Waals surface area contributed by atoms with Crippen molar-refractivity contribution in [3.63, 3.8) is 0 Å². The van der Waals surface area contributed by atoms with Crippen LogP contribution in [0.15, 0.2) is 0 Å². The molecule has 0 spiro atoms. The van der Waals surface area contributed by atoms with E-state index in [0.29, 0.717) is 16.1 Å². The summed E-state index contributed by atoms with van der Waals surface area (Å²) >= 11 is 5.45. The van der Waals surface area contributed by atoms with Crippen LogP contribution in [0.3, 0.4) is 0 Å². The van der Waals surface area contributed by atoms with Gasteiger partial charge in [0.25, 0.3) is 0 Å². The van der Waals surface area contributed by atoms with Crippen molar-refractivity contribution < 1.29 is 0 Å². The summed E-state index contributed by atoms with van der Waals surface area (Å²) in [5, 5.41) is 0.458. The molecule has 13 heavy (non-hydrogen) atoms. The van der Waals surface area contributed by atoms with E-state index in [0.717, 1.165) is 0 Å². The second kappa shape index (κ2) is 4.72. The van der Waals surface area contributed by atoms with Crippen molar-refractivity contribution in [1.82, 2.24) is 0 Å². The smallest absolute Gasteiger partial charge is 0.0156 e. The zero-order valence-electron chi connectivity index (χ0n) is 10.1. The number of hydrogen-bond donors (Lipinski definition) is 0. The Morgan fingerprint density at radius 2 is 1.54 bits per heavy atom. The molecule has 0 bridgehead atoms. The van der Waals surface area contributed by atoms with Crippen molar-refractivity contribution in [1.29, 1.82) is 0 Å². The van der Waals surface area contributed by atoms with Gasteiger partial charge in [-0.2, -0.15) is 0 Å². The average Bonchev–Trinajstić information content (AvgIpc) is 1.83. The molecule has 0 rings (SSSR count). The highest BCUT2D eigenvalue weighted by molar-refractivity contribution is 7.80. The molecule has 1 atom stereocenters. The van der Waals surface area contributed by atoms with Gasteiger partial charge in [0.15, 0.2) is 0 Å². The molecule has 0 heterocycles. The summed E-state index contributed by atoms with van der Waals surface area (Å²) in [6.07, 6.45) is 3.57. The highest BCUT2D eigenvalue weighted by Gasteiger charge is 2.33. The lowest BCUT2D eigenvalue weighted by Crippen LogP contribution is -2.32. The minimum Gasteiger partial charge on any atom is -0.0904 e. The molecule has 0 nitrogen and oxygen atoms in total. The van der Waals surface area contributed by atoms with Crippen LogP contribution in [0.5, 0.6) is 0 Å². The molecule has 1 heteroatoms. The molecule has 0 fully saturated rings. The van der Waals surface area contributed by atoms with Gasteiger partial charge in [0.05, 0.1) is 0 Å². The van der Waals surface area contributed by atoms with Crippen molar-refractivity contribution in [2.45, 2.75) is 66.1 Å². The summed E-state index contributed by atoms with van der Waals surface area (Å²) in [5.74, 6) is 0. The molecule has 1 unspecified atom stereocenters. The molecular weight excluding hydrogens is 176 g/mol. The predicted octanol–water partition coefficient (Wildman–Crippen LogP) is 4.82. The van der Waals surface area contributed by atoms with Crippen LogP contribution < -0.4 is 0 Å². The zero-order valence-corrected chi connectivity index (χ0v) is 10.9. The van der Waals surface area contributed by atoms with Crippen molar-refractivity contribution in [2.75, 3.05) is 0 Å². The fraction of sp³-hybridized carbons (Fsp3) is 1.00. The fourth-order valence-electron chi connectivity index (χ4n) is 1.30. The molecule has 0 aliphatic carbocycles. The Bertz CT molecular complexity index is 142. The third-order valence-corrected chi connectivity index (χ3v) is 3.78. The summed E-state index contributed by atoms with van der Waals surface area (Å²) in [7, 11) is 0. The summed E-state index contributed by atoms with van der Waals surface area (Å²) in [6.45, 7) is 13.8. The van der Waals surface area contributed by atoms with Crippen LogP contribution in [-0.4, -0.2) is 5.25 Å². The van der Waals surface area contributed by atoms with Crippen molar-refractivity contribution >= 4 is 12.6 Å². The molecule has 0 aromatic heterocycles. The molecule has 1 radical (unpaired) electrons. The van der Waals surface area contributed by atoms with Crippen LogP contribution in [0, 0.1) is 10.8 Å². The monoisotopic (exact) mass is 201 g/mol. The van der Waals surface area contributed by atoms with Crippen LogP contribution in [0.2, 0.25) is 0 Å². The van der Waals surface area contributed by atoms with Gasteiger partial charge in [0, 0.05) is 5.25 Å². The van der Waals surface area contributed by atoms with E-state index >= 15 is 0 Å². The van der Waals surface area contributed by atoms with Gasteiger partial charge in [0.1, 0.15) is 0 Å². The van der Waals surface area contributed by atoms with E-state index in [1.165, 1.54) is 19.3 Å². The highest BCUT2D eigenvalue weighted by atomic mass is 32.1. The van der Waals surface area contributed by atoms with E-state index in [2.05, 4.69) is 41.5 Å². The molecule has 0 saturated heterocycles. The maximum absolute atomic E-state index is 5.45.